The highest BCUT2D eigenvalue weighted by Crippen LogP contribution is 2.18. The van der Waals surface area contributed by atoms with Crippen molar-refractivity contribution in [1.29, 1.82) is 0 Å². The summed E-state index contributed by atoms with van der Waals surface area (Å²) in [7, 11) is 0. The Morgan fingerprint density at radius 2 is 2.06 bits per heavy atom. The third-order valence-corrected chi connectivity index (χ3v) is 3.17. The average Bonchev–Trinajstić information content (AvgIpc) is 2.15. The summed E-state index contributed by atoms with van der Waals surface area (Å²) in [6.07, 6.45) is 1.03. The maximum absolute atomic E-state index is 11.9. The number of aliphatic hydroxyl groups is 1. The van der Waals surface area contributed by atoms with E-state index in [1.54, 1.807) is 0 Å². The van der Waals surface area contributed by atoms with Gasteiger partial charge in [0.1, 0.15) is 0 Å². The van der Waals surface area contributed by atoms with Crippen LogP contribution in [0.3, 0.4) is 0 Å². The third-order valence-electron chi connectivity index (χ3n) is 3.17. The van der Waals surface area contributed by atoms with Gasteiger partial charge >= 0.3 is 0 Å². The van der Waals surface area contributed by atoms with E-state index in [0.29, 0.717) is 12.5 Å². The minimum Gasteiger partial charge on any atom is -0.395 e. The van der Waals surface area contributed by atoms with Gasteiger partial charge in [-0.05, 0) is 12.3 Å². The minimum absolute atomic E-state index is 0.112. The molecular formula is C13H26N2O2. The third kappa shape index (κ3) is 4.64. The van der Waals surface area contributed by atoms with Gasteiger partial charge in [0.2, 0.25) is 5.91 Å². The molecule has 0 aromatic heterocycles. The first-order chi connectivity index (χ1) is 7.82. The topological polar surface area (TPSA) is 52.6 Å². The molecule has 1 heterocycles. The quantitative estimate of drug-likeness (QED) is 0.771. The largest absolute Gasteiger partial charge is 0.395 e. The number of carbonyl (C=O) groups is 1. The molecule has 1 rings (SSSR count). The molecular weight excluding hydrogens is 216 g/mol. The molecule has 0 radical (unpaired) electrons. The molecule has 1 aliphatic heterocycles. The molecule has 0 aliphatic carbocycles. The number of hydrogen-bond acceptors (Lipinski definition) is 3. The van der Waals surface area contributed by atoms with Gasteiger partial charge in [-0.2, -0.15) is 0 Å². The monoisotopic (exact) mass is 242 g/mol. The SMILES string of the molecule is CC1CC(NC(=O)C(C)(C)C)CN(CCO)C1. The second kappa shape index (κ2) is 5.83. The van der Waals surface area contributed by atoms with Crippen LogP contribution in [0.2, 0.25) is 0 Å². The van der Waals surface area contributed by atoms with E-state index < -0.39 is 0 Å². The van der Waals surface area contributed by atoms with Crippen LogP contribution >= 0.6 is 0 Å². The molecule has 4 nitrogen and oxygen atoms in total. The zero-order valence-electron chi connectivity index (χ0n) is 11.5. The second-order valence-corrected chi connectivity index (χ2v) is 6.24. The van der Waals surface area contributed by atoms with Crippen LogP contribution in [0.4, 0.5) is 0 Å². The molecule has 4 heteroatoms. The highest BCUT2D eigenvalue weighted by atomic mass is 16.3. The van der Waals surface area contributed by atoms with E-state index in [1.807, 2.05) is 20.8 Å². The van der Waals surface area contributed by atoms with E-state index in [2.05, 4.69) is 17.1 Å². The molecule has 0 aromatic rings. The van der Waals surface area contributed by atoms with Crippen LogP contribution in [0.1, 0.15) is 34.1 Å². The second-order valence-electron chi connectivity index (χ2n) is 6.24. The van der Waals surface area contributed by atoms with Crippen molar-refractivity contribution in [2.75, 3.05) is 26.2 Å². The Bertz CT molecular complexity index is 261. The number of rotatable bonds is 3. The van der Waals surface area contributed by atoms with Crippen molar-refractivity contribution in [3.8, 4) is 0 Å². The van der Waals surface area contributed by atoms with E-state index in [1.165, 1.54) is 0 Å². The van der Waals surface area contributed by atoms with E-state index in [4.69, 9.17) is 5.11 Å². The molecule has 0 spiro atoms. The first-order valence-corrected chi connectivity index (χ1v) is 6.47. The summed E-state index contributed by atoms with van der Waals surface area (Å²) >= 11 is 0. The summed E-state index contributed by atoms with van der Waals surface area (Å²) in [5, 5.41) is 12.1. The van der Waals surface area contributed by atoms with Crippen molar-refractivity contribution >= 4 is 5.91 Å². The fourth-order valence-electron chi connectivity index (χ4n) is 2.29. The lowest BCUT2D eigenvalue weighted by Crippen LogP contribution is -2.52. The first kappa shape index (κ1) is 14.5. The molecule has 2 unspecified atom stereocenters. The van der Waals surface area contributed by atoms with Crippen molar-refractivity contribution in [3.05, 3.63) is 0 Å². The van der Waals surface area contributed by atoms with E-state index in [-0.39, 0.29) is 24.0 Å². The van der Waals surface area contributed by atoms with Crippen molar-refractivity contribution in [3.63, 3.8) is 0 Å². The Morgan fingerprint density at radius 3 is 2.59 bits per heavy atom. The maximum Gasteiger partial charge on any atom is 0.225 e. The number of hydrogen-bond donors (Lipinski definition) is 2. The predicted octanol–water partition coefficient (Wildman–Crippen LogP) is 0.851. The lowest BCUT2D eigenvalue weighted by Gasteiger charge is -2.37. The van der Waals surface area contributed by atoms with Crippen LogP contribution in [-0.4, -0.2) is 48.2 Å². The predicted molar refractivity (Wildman–Crippen MR) is 68.7 cm³/mol. The number of aliphatic hydroxyl groups excluding tert-OH is 1. The van der Waals surface area contributed by atoms with Crippen LogP contribution in [0.15, 0.2) is 0 Å². The zero-order chi connectivity index (χ0) is 13.1. The van der Waals surface area contributed by atoms with Crippen LogP contribution in [0, 0.1) is 11.3 Å². The summed E-state index contributed by atoms with van der Waals surface area (Å²) in [6, 6.07) is 0.219. The average molecular weight is 242 g/mol. The lowest BCUT2D eigenvalue weighted by atomic mass is 9.92. The molecule has 1 saturated heterocycles. The number of piperidine rings is 1. The van der Waals surface area contributed by atoms with Crippen molar-refractivity contribution in [2.45, 2.75) is 40.2 Å². The Labute approximate surface area is 104 Å². The number of nitrogens with zero attached hydrogens (tertiary/aromatic N) is 1. The van der Waals surface area contributed by atoms with E-state index in [0.717, 1.165) is 19.5 Å². The molecule has 1 amide bonds. The molecule has 2 atom stereocenters. The molecule has 17 heavy (non-hydrogen) atoms. The number of nitrogens with one attached hydrogen (secondary N) is 1. The number of amides is 1. The standard InChI is InChI=1S/C13H26N2O2/c1-10-7-11(9-15(8-10)5-6-16)14-12(17)13(2,3)4/h10-11,16H,5-9H2,1-4H3,(H,14,17). The van der Waals surface area contributed by atoms with Gasteiger partial charge in [-0.25, -0.2) is 0 Å². The van der Waals surface area contributed by atoms with Gasteiger partial charge in [0.05, 0.1) is 6.61 Å². The van der Waals surface area contributed by atoms with Gasteiger partial charge in [-0.3, -0.25) is 9.69 Å². The zero-order valence-corrected chi connectivity index (χ0v) is 11.5. The Kier molecular flexibility index (Phi) is 4.95. The lowest BCUT2D eigenvalue weighted by molar-refractivity contribution is -0.129. The Balaban J connectivity index is 2.50. The molecule has 1 fully saturated rings. The molecule has 100 valence electrons. The highest BCUT2D eigenvalue weighted by molar-refractivity contribution is 5.81. The summed E-state index contributed by atoms with van der Waals surface area (Å²) in [4.78, 5) is 14.1. The normalized spacial score (nSPS) is 26.9. The fourth-order valence-corrected chi connectivity index (χ4v) is 2.29. The minimum atomic E-state index is -0.331. The number of β-amino-alcohol motifs (C(OH)–C–C–N with tert-alkyl or cyclic N) is 1. The molecule has 2 N–H and O–H groups in total. The van der Waals surface area contributed by atoms with Crippen LogP contribution in [0.25, 0.3) is 0 Å². The fraction of sp³-hybridized carbons (Fsp3) is 0.923. The van der Waals surface area contributed by atoms with Crippen LogP contribution in [-0.2, 0) is 4.79 Å². The van der Waals surface area contributed by atoms with Crippen LogP contribution in [0.5, 0.6) is 0 Å². The van der Waals surface area contributed by atoms with Crippen molar-refractivity contribution in [1.82, 2.24) is 10.2 Å². The molecule has 0 saturated carbocycles. The van der Waals surface area contributed by atoms with Gasteiger partial charge < -0.3 is 10.4 Å². The molecule has 0 aromatic carbocycles. The van der Waals surface area contributed by atoms with E-state index in [9.17, 15) is 4.79 Å². The van der Waals surface area contributed by atoms with Crippen molar-refractivity contribution < 1.29 is 9.90 Å². The number of carbonyl (C=O) groups excluding carboxylic acids is 1. The smallest absolute Gasteiger partial charge is 0.225 e. The number of likely N-dealkylation sites (tertiary alicyclic amines) is 1. The summed E-state index contributed by atoms with van der Waals surface area (Å²) in [6.45, 7) is 10.7. The van der Waals surface area contributed by atoms with E-state index >= 15 is 0 Å². The van der Waals surface area contributed by atoms with Gasteiger partial charge in [0.15, 0.2) is 0 Å². The first-order valence-electron chi connectivity index (χ1n) is 6.47. The highest BCUT2D eigenvalue weighted by Gasteiger charge is 2.29. The maximum atomic E-state index is 11.9. The summed E-state index contributed by atoms with van der Waals surface area (Å²) in [5.41, 5.74) is -0.331. The van der Waals surface area contributed by atoms with Crippen LogP contribution < -0.4 is 5.32 Å². The Morgan fingerprint density at radius 1 is 1.41 bits per heavy atom. The van der Waals surface area contributed by atoms with Gasteiger partial charge in [0.25, 0.3) is 0 Å². The molecule has 1 aliphatic rings. The molecule has 0 bridgehead atoms. The van der Waals surface area contributed by atoms with Crippen molar-refractivity contribution in [2.24, 2.45) is 11.3 Å². The van der Waals surface area contributed by atoms with Gasteiger partial charge in [0, 0.05) is 31.1 Å². The summed E-state index contributed by atoms with van der Waals surface area (Å²) < 4.78 is 0. The summed E-state index contributed by atoms with van der Waals surface area (Å²) in [5.74, 6) is 0.682. The Hall–Kier alpha value is -0.610. The van der Waals surface area contributed by atoms with Gasteiger partial charge in [-0.15, -0.1) is 0 Å². The van der Waals surface area contributed by atoms with Gasteiger partial charge in [-0.1, -0.05) is 27.7 Å².